The van der Waals surface area contributed by atoms with Crippen molar-refractivity contribution in [3.63, 3.8) is 0 Å². The van der Waals surface area contributed by atoms with Crippen molar-refractivity contribution in [2.24, 2.45) is 0 Å². The molecule has 1 aliphatic heterocycles. The van der Waals surface area contributed by atoms with Gasteiger partial charge in [0.1, 0.15) is 5.75 Å². The first-order valence-electron chi connectivity index (χ1n) is 9.38. The Hall–Kier alpha value is -2.81. The van der Waals surface area contributed by atoms with E-state index in [1.54, 1.807) is 24.2 Å². The van der Waals surface area contributed by atoms with Gasteiger partial charge in [-0.3, -0.25) is 9.88 Å². The van der Waals surface area contributed by atoms with E-state index in [0.29, 0.717) is 26.2 Å². The molecule has 1 fully saturated rings. The molecular formula is C20H23F3N4O2. The highest BCUT2D eigenvalue weighted by Crippen LogP contribution is 2.35. The number of halogens is 3. The summed E-state index contributed by atoms with van der Waals surface area (Å²) in [5.74, 6) is 0.213. The fraction of sp³-hybridized carbons (Fsp3) is 0.400. The first-order valence-corrected chi connectivity index (χ1v) is 9.38. The third-order valence-corrected chi connectivity index (χ3v) is 4.66. The summed E-state index contributed by atoms with van der Waals surface area (Å²) >= 11 is 0. The van der Waals surface area contributed by atoms with E-state index in [-0.39, 0.29) is 18.0 Å². The van der Waals surface area contributed by atoms with Crippen LogP contribution in [0.25, 0.3) is 0 Å². The summed E-state index contributed by atoms with van der Waals surface area (Å²) in [5.41, 5.74) is 0.326. The lowest BCUT2D eigenvalue weighted by atomic mass is 10.1. The zero-order valence-corrected chi connectivity index (χ0v) is 16.1. The molecule has 0 bridgehead atoms. The van der Waals surface area contributed by atoms with Gasteiger partial charge in [0.25, 0.3) is 0 Å². The smallest absolute Gasteiger partial charge is 0.416 e. The van der Waals surface area contributed by atoms with Gasteiger partial charge in [0.15, 0.2) is 0 Å². The van der Waals surface area contributed by atoms with Gasteiger partial charge in [-0.05, 0) is 42.8 Å². The highest BCUT2D eigenvalue weighted by molar-refractivity contribution is 5.91. The van der Waals surface area contributed by atoms with Crippen LogP contribution in [-0.2, 0) is 12.7 Å². The van der Waals surface area contributed by atoms with Gasteiger partial charge in [-0.25, -0.2) is 4.79 Å². The Kier molecular flexibility index (Phi) is 6.58. The molecule has 2 amide bonds. The molecule has 29 heavy (non-hydrogen) atoms. The van der Waals surface area contributed by atoms with Gasteiger partial charge in [-0.2, -0.15) is 13.2 Å². The van der Waals surface area contributed by atoms with Crippen LogP contribution in [0.5, 0.6) is 5.75 Å². The van der Waals surface area contributed by atoms with Crippen LogP contribution in [0.3, 0.4) is 0 Å². The molecule has 0 radical (unpaired) electrons. The van der Waals surface area contributed by atoms with Crippen molar-refractivity contribution in [3.05, 3.63) is 53.9 Å². The number of hydrogen-bond acceptors (Lipinski definition) is 4. The number of hydrogen-bond donors (Lipinski definition) is 1. The number of aromatic nitrogens is 1. The number of rotatable bonds is 5. The van der Waals surface area contributed by atoms with Crippen LogP contribution < -0.4 is 10.1 Å². The summed E-state index contributed by atoms with van der Waals surface area (Å²) in [7, 11) is 0. The third kappa shape index (κ3) is 5.60. The van der Waals surface area contributed by atoms with Gasteiger partial charge >= 0.3 is 12.2 Å². The predicted molar refractivity (Wildman–Crippen MR) is 103 cm³/mol. The first-order chi connectivity index (χ1) is 13.9. The quantitative estimate of drug-likeness (QED) is 0.817. The first kappa shape index (κ1) is 20.9. The maximum absolute atomic E-state index is 13.0. The van der Waals surface area contributed by atoms with Crippen LogP contribution in [0.1, 0.15) is 18.1 Å². The highest BCUT2D eigenvalue weighted by atomic mass is 19.4. The van der Waals surface area contributed by atoms with Crippen LogP contribution in [-0.4, -0.2) is 53.6 Å². The van der Waals surface area contributed by atoms with E-state index < -0.39 is 17.8 Å². The molecule has 0 spiro atoms. The normalized spacial score (nSPS) is 15.2. The number of carbonyl (C=O) groups excluding carboxylic acids is 1. The van der Waals surface area contributed by atoms with Gasteiger partial charge in [-0.1, -0.05) is 0 Å². The molecule has 1 saturated heterocycles. The fourth-order valence-electron chi connectivity index (χ4n) is 3.14. The van der Waals surface area contributed by atoms with E-state index >= 15 is 0 Å². The van der Waals surface area contributed by atoms with Crippen molar-refractivity contribution >= 4 is 11.7 Å². The van der Waals surface area contributed by atoms with E-state index in [1.165, 1.54) is 6.07 Å². The summed E-state index contributed by atoms with van der Waals surface area (Å²) in [4.78, 5) is 20.4. The van der Waals surface area contributed by atoms with E-state index in [1.807, 2.05) is 12.1 Å². The van der Waals surface area contributed by atoms with Crippen LogP contribution in [0.15, 0.2) is 42.7 Å². The fourth-order valence-corrected chi connectivity index (χ4v) is 3.14. The van der Waals surface area contributed by atoms with Gasteiger partial charge < -0.3 is 15.0 Å². The molecule has 1 aliphatic rings. The predicted octanol–water partition coefficient (Wildman–Crippen LogP) is 3.85. The van der Waals surface area contributed by atoms with Crippen molar-refractivity contribution in [1.29, 1.82) is 0 Å². The molecule has 1 aromatic carbocycles. The standard InChI is InChI=1S/C20H23F3N4O2/c1-2-29-18-4-3-16(20(21,22)23)13-17(18)25-19(28)27-11-9-26(10-12-27)14-15-5-7-24-8-6-15/h3-8,13H,2,9-12,14H2,1H3,(H,25,28). The largest absolute Gasteiger partial charge is 0.492 e. The molecule has 0 unspecified atom stereocenters. The maximum atomic E-state index is 13.0. The molecule has 6 nitrogen and oxygen atoms in total. The number of nitrogens with one attached hydrogen (secondary N) is 1. The highest BCUT2D eigenvalue weighted by Gasteiger charge is 2.32. The molecular weight excluding hydrogens is 385 g/mol. The molecule has 156 valence electrons. The minimum absolute atomic E-state index is 0.0193. The Labute approximate surface area is 167 Å². The molecule has 0 atom stereocenters. The lowest BCUT2D eigenvalue weighted by molar-refractivity contribution is -0.137. The molecule has 2 heterocycles. The van der Waals surface area contributed by atoms with Crippen molar-refractivity contribution in [2.75, 3.05) is 38.1 Å². The molecule has 0 saturated carbocycles. The Balaban J connectivity index is 1.61. The monoisotopic (exact) mass is 408 g/mol. The third-order valence-electron chi connectivity index (χ3n) is 4.66. The average Bonchev–Trinajstić information content (AvgIpc) is 2.70. The van der Waals surface area contributed by atoms with Crippen LogP contribution >= 0.6 is 0 Å². The minimum atomic E-state index is -4.50. The van der Waals surface area contributed by atoms with Gasteiger partial charge in [-0.15, -0.1) is 0 Å². The Morgan fingerprint density at radius 3 is 2.45 bits per heavy atom. The Bertz CT molecular complexity index is 822. The summed E-state index contributed by atoms with van der Waals surface area (Å²) in [6, 6.07) is 6.54. The number of anilines is 1. The molecule has 0 aliphatic carbocycles. The Morgan fingerprint density at radius 1 is 1.14 bits per heavy atom. The summed E-state index contributed by atoms with van der Waals surface area (Å²) < 4.78 is 44.4. The Morgan fingerprint density at radius 2 is 1.83 bits per heavy atom. The van der Waals surface area contributed by atoms with Gasteiger partial charge in [0.2, 0.25) is 0 Å². The van der Waals surface area contributed by atoms with Crippen molar-refractivity contribution < 1.29 is 22.7 Å². The summed E-state index contributed by atoms with van der Waals surface area (Å²) in [6.07, 6.45) is -1.02. The zero-order chi connectivity index (χ0) is 20.9. The van der Waals surface area contributed by atoms with E-state index in [0.717, 1.165) is 24.2 Å². The number of amides is 2. The van der Waals surface area contributed by atoms with Crippen LogP contribution in [0.4, 0.5) is 23.7 Å². The summed E-state index contributed by atoms with van der Waals surface area (Å²) in [6.45, 7) is 5.10. The van der Waals surface area contributed by atoms with Crippen LogP contribution in [0.2, 0.25) is 0 Å². The summed E-state index contributed by atoms with van der Waals surface area (Å²) in [5, 5.41) is 2.58. The van der Waals surface area contributed by atoms with Crippen molar-refractivity contribution in [1.82, 2.24) is 14.8 Å². The lowest BCUT2D eigenvalue weighted by Crippen LogP contribution is -2.49. The van der Waals surface area contributed by atoms with E-state index in [2.05, 4.69) is 15.2 Å². The molecule has 3 rings (SSSR count). The number of ether oxygens (including phenoxy) is 1. The number of piperazine rings is 1. The number of carbonyl (C=O) groups is 1. The molecule has 2 aromatic rings. The molecule has 1 aromatic heterocycles. The van der Waals surface area contributed by atoms with E-state index in [9.17, 15) is 18.0 Å². The molecule has 1 N–H and O–H groups in total. The van der Waals surface area contributed by atoms with Crippen molar-refractivity contribution in [3.8, 4) is 5.75 Å². The van der Waals surface area contributed by atoms with E-state index in [4.69, 9.17) is 4.74 Å². The zero-order valence-electron chi connectivity index (χ0n) is 16.1. The number of pyridine rings is 1. The second kappa shape index (κ2) is 9.13. The number of urea groups is 1. The average molecular weight is 408 g/mol. The number of alkyl halides is 3. The second-order valence-corrected chi connectivity index (χ2v) is 6.69. The van der Waals surface area contributed by atoms with Gasteiger partial charge in [0.05, 0.1) is 17.9 Å². The second-order valence-electron chi connectivity index (χ2n) is 6.69. The van der Waals surface area contributed by atoms with Gasteiger partial charge in [0, 0.05) is 45.1 Å². The number of nitrogens with zero attached hydrogens (tertiary/aromatic N) is 3. The minimum Gasteiger partial charge on any atom is -0.492 e. The van der Waals surface area contributed by atoms with Crippen molar-refractivity contribution in [2.45, 2.75) is 19.6 Å². The SMILES string of the molecule is CCOc1ccc(C(F)(F)F)cc1NC(=O)N1CCN(Cc2ccncc2)CC1. The maximum Gasteiger partial charge on any atom is 0.416 e. The molecule has 9 heteroatoms. The lowest BCUT2D eigenvalue weighted by Gasteiger charge is -2.34. The van der Waals surface area contributed by atoms with Crippen LogP contribution in [0, 0.1) is 0 Å². The topological polar surface area (TPSA) is 57.7 Å². The number of benzene rings is 1.